The van der Waals surface area contributed by atoms with Gasteiger partial charge in [-0.25, -0.2) is 0 Å². The molecule has 0 saturated heterocycles. The van der Waals surface area contributed by atoms with E-state index in [1.165, 1.54) is 29.9 Å². The largest absolute Gasteiger partial charge is 0.493 e. The number of hydrogen-bond donors (Lipinski definition) is 0. The Balaban J connectivity index is 1.76. The lowest BCUT2D eigenvalue weighted by Gasteiger charge is -2.10. The number of halogens is 2. The molecule has 0 radical (unpaired) electrons. The van der Waals surface area contributed by atoms with Gasteiger partial charge in [0, 0.05) is 17.5 Å². The molecule has 30 heavy (non-hydrogen) atoms. The molecule has 2 aromatic heterocycles. The fraction of sp³-hybridized carbons (Fsp3) is 0.100. The Morgan fingerprint density at radius 3 is 2.63 bits per heavy atom. The van der Waals surface area contributed by atoms with Crippen LogP contribution in [0.2, 0.25) is 5.02 Å². The Bertz CT molecular complexity index is 1380. The fourth-order valence-corrected chi connectivity index (χ4v) is 4.35. The van der Waals surface area contributed by atoms with Gasteiger partial charge in [-0.3, -0.25) is 9.59 Å². The maximum Gasteiger partial charge on any atom is 0.308 e. The standard InChI is InChI=1S/C20H13BrClN3O4S/c1-10(26)29-17-14(21)7-11(8-15(17)28-2)9-16-19(27)25-20(30-16)23-18(24-25)12-3-5-13(22)6-4-12/h3-9H,1-2H3/b16-9-. The summed E-state index contributed by atoms with van der Waals surface area (Å²) < 4.78 is 12.8. The van der Waals surface area contributed by atoms with Gasteiger partial charge in [0.2, 0.25) is 4.96 Å². The van der Waals surface area contributed by atoms with Gasteiger partial charge in [0.25, 0.3) is 5.56 Å². The van der Waals surface area contributed by atoms with Crippen molar-refractivity contribution in [3.05, 3.63) is 66.3 Å². The SMILES string of the molecule is COc1cc(/C=c2\sc3nc(-c4ccc(Cl)cc4)nn3c2=O)cc(Br)c1OC(C)=O. The second kappa shape index (κ2) is 8.17. The van der Waals surface area contributed by atoms with Gasteiger partial charge in [-0.05, 0) is 64.0 Å². The van der Waals surface area contributed by atoms with Crippen molar-refractivity contribution in [2.75, 3.05) is 7.11 Å². The molecule has 0 aliphatic carbocycles. The van der Waals surface area contributed by atoms with Crippen molar-refractivity contribution >= 4 is 55.9 Å². The number of ether oxygens (including phenoxy) is 2. The highest BCUT2D eigenvalue weighted by molar-refractivity contribution is 9.10. The summed E-state index contributed by atoms with van der Waals surface area (Å²) in [5.41, 5.74) is 1.19. The smallest absolute Gasteiger partial charge is 0.308 e. The lowest BCUT2D eigenvalue weighted by Crippen LogP contribution is -2.23. The molecule has 0 amide bonds. The summed E-state index contributed by atoms with van der Waals surface area (Å²) in [6.45, 7) is 1.31. The van der Waals surface area contributed by atoms with Gasteiger partial charge in [0.1, 0.15) is 0 Å². The second-order valence-corrected chi connectivity index (χ2v) is 8.48. The van der Waals surface area contributed by atoms with E-state index in [0.717, 1.165) is 5.56 Å². The summed E-state index contributed by atoms with van der Waals surface area (Å²) >= 11 is 10.5. The molecule has 2 aromatic carbocycles. The summed E-state index contributed by atoms with van der Waals surface area (Å²) in [4.78, 5) is 29.0. The molecule has 0 bridgehead atoms. The van der Waals surface area contributed by atoms with Gasteiger partial charge in [0.15, 0.2) is 17.3 Å². The Morgan fingerprint density at radius 2 is 2.00 bits per heavy atom. The Hall–Kier alpha value is -2.75. The Morgan fingerprint density at radius 1 is 1.27 bits per heavy atom. The normalized spacial score (nSPS) is 11.8. The predicted molar refractivity (Wildman–Crippen MR) is 118 cm³/mol. The summed E-state index contributed by atoms with van der Waals surface area (Å²) in [5.74, 6) is 0.633. The molecule has 4 aromatic rings. The van der Waals surface area contributed by atoms with E-state index in [2.05, 4.69) is 26.0 Å². The minimum absolute atomic E-state index is 0.276. The quantitative estimate of drug-likeness (QED) is 0.310. The minimum atomic E-state index is -0.463. The van der Waals surface area contributed by atoms with E-state index in [1.807, 2.05) is 0 Å². The average Bonchev–Trinajstić information content (AvgIpc) is 3.24. The molecule has 152 valence electrons. The number of nitrogens with zero attached hydrogens (tertiary/aromatic N) is 3. The third-order valence-corrected chi connectivity index (χ3v) is 5.88. The Labute approximate surface area is 187 Å². The van der Waals surface area contributed by atoms with Crippen LogP contribution in [-0.4, -0.2) is 27.7 Å². The Kier molecular flexibility index (Phi) is 5.59. The summed E-state index contributed by atoms with van der Waals surface area (Å²) in [6, 6.07) is 10.5. The third kappa shape index (κ3) is 3.96. The number of benzene rings is 2. The zero-order valence-corrected chi connectivity index (χ0v) is 18.8. The molecule has 0 unspecified atom stereocenters. The van der Waals surface area contributed by atoms with Crippen LogP contribution >= 0.6 is 38.9 Å². The van der Waals surface area contributed by atoms with Crippen LogP contribution < -0.4 is 19.6 Å². The highest BCUT2D eigenvalue weighted by atomic mass is 79.9. The van der Waals surface area contributed by atoms with Crippen LogP contribution in [-0.2, 0) is 4.79 Å². The topological polar surface area (TPSA) is 82.8 Å². The van der Waals surface area contributed by atoms with Crippen LogP contribution in [0.15, 0.2) is 45.7 Å². The first-order chi connectivity index (χ1) is 14.4. The van der Waals surface area contributed by atoms with Crippen LogP contribution in [0.3, 0.4) is 0 Å². The van der Waals surface area contributed by atoms with Crippen molar-refractivity contribution in [1.29, 1.82) is 0 Å². The molecule has 10 heteroatoms. The molecule has 0 aliphatic heterocycles. The van der Waals surface area contributed by atoms with E-state index in [1.54, 1.807) is 42.5 Å². The number of esters is 1. The maximum absolute atomic E-state index is 12.8. The molecule has 4 rings (SSSR count). The van der Waals surface area contributed by atoms with Gasteiger partial charge in [-0.15, -0.1) is 5.10 Å². The minimum Gasteiger partial charge on any atom is -0.493 e. The molecular weight excluding hydrogens is 494 g/mol. The highest BCUT2D eigenvalue weighted by Crippen LogP contribution is 2.37. The summed E-state index contributed by atoms with van der Waals surface area (Å²) in [6.07, 6.45) is 1.70. The lowest BCUT2D eigenvalue weighted by atomic mass is 10.2. The predicted octanol–water partition coefficient (Wildman–Crippen LogP) is 3.72. The molecular formula is C20H13BrClN3O4S. The first-order valence-corrected chi connectivity index (χ1v) is 10.6. The van der Waals surface area contributed by atoms with E-state index < -0.39 is 5.97 Å². The third-order valence-electron chi connectivity index (χ3n) is 4.08. The van der Waals surface area contributed by atoms with Crippen molar-refractivity contribution in [2.24, 2.45) is 0 Å². The molecule has 2 heterocycles. The number of carbonyl (C=O) groups excluding carboxylic acids is 1. The fourth-order valence-electron chi connectivity index (χ4n) is 2.77. The van der Waals surface area contributed by atoms with Gasteiger partial charge in [-0.1, -0.05) is 22.9 Å². The number of hydrogen-bond acceptors (Lipinski definition) is 7. The first kappa shape index (κ1) is 20.5. The average molecular weight is 507 g/mol. The number of methoxy groups -OCH3 is 1. The number of rotatable bonds is 4. The van der Waals surface area contributed by atoms with Crippen molar-refractivity contribution in [2.45, 2.75) is 6.92 Å². The van der Waals surface area contributed by atoms with E-state index in [-0.39, 0.29) is 11.3 Å². The van der Waals surface area contributed by atoms with Gasteiger partial charge in [-0.2, -0.15) is 9.50 Å². The maximum atomic E-state index is 12.8. The van der Waals surface area contributed by atoms with Gasteiger partial charge < -0.3 is 9.47 Å². The summed E-state index contributed by atoms with van der Waals surface area (Å²) in [7, 11) is 1.47. The van der Waals surface area contributed by atoms with Crippen LogP contribution in [0.25, 0.3) is 22.4 Å². The van der Waals surface area contributed by atoms with Crippen molar-refractivity contribution in [3.63, 3.8) is 0 Å². The molecule has 0 atom stereocenters. The molecule has 0 fully saturated rings. The van der Waals surface area contributed by atoms with Crippen LogP contribution in [0.5, 0.6) is 11.5 Å². The van der Waals surface area contributed by atoms with E-state index in [4.69, 9.17) is 21.1 Å². The summed E-state index contributed by atoms with van der Waals surface area (Å²) in [5, 5.41) is 4.93. The number of fused-ring (bicyclic) bond motifs is 1. The van der Waals surface area contributed by atoms with Crippen LogP contribution in [0.4, 0.5) is 0 Å². The second-order valence-electron chi connectivity index (χ2n) is 6.18. The zero-order chi connectivity index (χ0) is 21.4. The lowest BCUT2D eigenvalue weighted by molar-refractivity contribution is -0.132. The van der Waals surface area contributed by atoms with Crippen molar-refractivity contribution in [3.8, 4) is 22.9 Å². The molecule has 0 spiro atoms. The number of carbonyl (C=O) groups is 1. The molecule has 0 N–H and O–H groups in total. The van der Waals surface area contributed by atoms with E-state index >= 15 is 0 Å². The van der Waals surface area contributed by atoms with Crippen LogP contribution in [0.1, 0.15) is 12.5 Å². The zero-order valence-electron chi connectivity index (χ0n) is 15.7. The molecule has 7 nitrogen and oxygen atoms in total. The monoisotopic (exact) mass is 505 g/mol. The number of thiazole rings is 1. The van der Waals surface area contributed by atoms with E-state index in [9.17, 15) is 9.59 Å². The molecule has 0 aliphatic rings. The molecule has 0 saturated carbocycles. The number of aromatic nitrogens is 3. The van der Waals surface area contributed by atoms with E-state index in [0.29, 0.717) is 36.1 Å². The van der Waals surface area contributed by atoms with Gasteiger partial charge >= 0.3 is 5.97 Å². The first-order valence-electron chi connectivity index (χ1n) is 8.59. The highest BCUT2D eigenvalue weighted by Gasteiger charge is 2.15. The van der Waals surface area contributed by atoms with Crippen molar-refractivity contribution in [1.82, 2.24) is 14.6 Å². The van der Waals surface area contributed by atoms with Crippen molar-refractivity contribution < 1.29 is 14.3 Å². The van der Waals surface area contributed by atoms with Crippen LogP contribution in [0, 0.1) is 0 Å². The van der Waals surface area contributed by atoms with Gasteiger partial charge in [0.05, 0.1) is 16.1 Å².